The molecule has 0 bridgehead atoms. The first-order valence-corrected chi connectivity index (χ1v) is 7.81. The number of hydrogen-bond acceptors (Lipinski definition) is 4. The maximum Gasteiger partial charge on any atom is 0.135 e. The molecule has 20 heavy (non-hydrogen) atoms. The first-order chi connectivity index (χ1) is 9.51. The largest absolute Gasteiger partial charge is 0.373 e. The molecule has 4 nitrogen and oxygen atoms in total. The number of hydrogen-bond donors (Lipinski definition) is 2. The van der Waals surface area contributed by atoms with Crippen LogP contribution in [0.3, 0.4) is 0 Å². The lowest BCUT2D eigenvalue weighted by molar-refractivity contribution is 0.485. The molecule has 0 radical (unpaired) electrons. The van der Waals surface area contributed by atoms with Gasteiger partial charge in [-0.2, -0.15) is 0 Å². The summed E-state index contributed by atoms with van der Waals surface area (Å²) in [5.74, 6) is 3.18. The van der Waals surface area contributed by atoms with E-state index in [0.717, 1.165) is 29.6 Å². The third-order valence-corrected chi connectivity index (χ3v) is 4.28. The Hall–Kier alpha value is -1.32. The average molecular weight is 276 g/mol. The molecule has 0 amide bonds. The van der Waals surface area contributed by atoms with Crippen LogP contribution in [0.15, 0.2) is 0 Å². The number of nitrogens with zero attached hydrogens (tertiary/aromatic N) is 2. The molecular formula is C16H28N4. The second-order valence-corrected chi connectivity index (χ2v) is 6.41. The minimum absolute atomic E-state index is 0.341. The van der Waals surface area contributed by atoms with Gasteiger partial charge in [-0.25, -0.2) is 9.97 Å². The van der Waals surface area contributed by atoms with E-state index < -0.39 is 0 Å². The highest BCUT2D eigenvalue weighted by Gasteiger charge is 2.41. The molecule has 1 heterocycles. The Morgan fingerprint density at radius 2 is 1.85 bits per heavy atom. The Balaban J connectivity index is 2.15. The summed E-state index contributed by atoms with van der Waals surface area (Å²) >= 11 is 0. The van der Waals surface area contributed by atoms with Crippen molar-refractivity contribution in [3.8, 4) is 0 Å². The zero-order valence-electron chi connectivity index (χ0n) is 13.5. The average Bonchev–Trinajstić information content (AvgIpc) is 3.18. The normalized spacial score (nSPS) is 16.3. The second-order valence-electron chi connectivity index (χ2n) is 6.41. The molecule has 1 aliphatic rings. The van der Waals surface area contributed by atoms with Crippen LogP contribution in [0.5, 0.6) is 0 Å². The van der Waals surface area contributed by atoms with E-state index in [1.54, 1.807) is 0 Å². The molecular weight excluding hydrogens is 248 g/mol. The maximum absolute atomic E-state index is 4.71. The first-order valence-electron chi connectivity index (χ1n) is 7.81. The van der Waals surface area contributed by atoms with E-state index in [1.807, 2.05) is 7.05 Å². The van der Waals surface area contributed by atoms with Gasteiger partial charge in [-0.05, 0) is 31.6 Å². The molecule has 0 unspecified atom stereocenters. The Labute approximate surface area is 122 Å². The first kappa shape index (κ1) is 15.1. The van der Waals surface area contributed by atoms with Crippen LogP contribution in [-0.4, -0.2) is 23.6 Å². The van der Waals surface area contributed by atoms with Crippen LogP contribution in [0, 0.1) is 12.3 Å². The van der Waals surface area contributed by atoms with Crippen LogP contribution >= 0.6 is 0 Å². The van der Waals surface area contributed by atoms with Gasteiger partial charge in [-0.15, -0.1) is 0 Å². The standard InChI is InChI=1S/C16H28N4/c1-6-7-16(8-9-16)10-18-15-12(4)14(17-5)19-13(20-15)11(2)3/h11H,6-10H2,1-5H3,(H2,17,18,19,20). The Morgan fingerprint density at radius 1 is 1.20 bits per heavy atom. The summed E-state index contributed by atoms with van der Waals surface area (Å²) in [4.78, 5) is 9.29. The third-order valence-electron chi connectivity index (χ3n) is 4.28. The second kappa shape index (κ2) is 5.98. The minimum atomic E-state index is 0.341. The third kappa shape index (κ3) is 3.22. The van der Waals surface area contributed by atoms with Crippen LogP contribution in [0.25, 0.3) is 0 Å². The molecule has 0 aliphatic heterocycles. The summed E-state index contributed by atoms with van der Waals surface area (Å²) in [6.07, 6.45) is 5.30. The van der Waals surface area contributed by atoms with Crippen molar-refractivity contribution >= 4 is 11.6 Å². The van der Waals surface area contributed by atoms with Crippen LogP contribution < -0.4 is 10.6 Å². The van der Waals surface area contributed by atoms with Crippen LogP contribution in [-0.2, 0) is 0 Å². The molecule has 4 heteroatoms. The van der Waals surface area contributed by atoms with Gasteiger partial charge in [0.05, 0.1) is 0 Å². The van der Waals surface area contributed by atoms with Crippen LogP contribution in [0.2, 0.25) is 0 Å². The van der Waals surface area contributed by atoms with Gasteiger partial charge in [0.2, 0.25) is 0 Å². The summed E-state index contributed by atoms with van der Waals surface area (Å²) < 4.78 is 0. The molecule has 1 aromatic heterocycles. The molecule has 0 atom stereocenters. The van der Waals surface area contributed by atoms with Gasteiger partial charge in [0.25, 0.3) is 0 Å². The van der Waals surface area contributed by atoms with Gasteiger partial charge in [0.15, 0.2) is 0 Å². The molecule has 112 valence electrons. The van der Waals surface area contributed by atoms with Crippen molar-refractivity contribution in [1.29, 1.82) is 0 Å². The zero-order chi connectivity index (χ0) is 14.8. The molecule has 0 spiro atoms. The van der Waals surface area contributed by atoms with Crippen molar-refractivity contribution in [2.45, 2.75) is 59.3 Å². The lowest BCUT2D eigenvalue weighted by atomic mass is 10.0. The monoisotopic (exact) mass is 276 g/mol. The summed E-state index contributed by atoms with van der Waals surface area (Å²) in [7, 11) is 1.92. The van der Waals surface area contributed by atoms with E-state index in [-0.39, 0.29) is 0 Å². The number of rotatable bonds is 7. The zero-order valence-corrected chi connectivity index (χ0v) is 13.5. The minimum Gasteiger partial charge on any atom is -0.373 e. The highest BCUT2D eigenvalue weighted by atomic mass is 15.1. The fourth-order valence-corrected chi connectivity index (χ4v) is 2.70. The van der Waals surface area contributed by atoms with Crippen molar-refractivity contribution in [3.05, 3.63) is 11.4 Å². The van der Waals surface area contributed by atoms with E-state index in [4.69, 9.17) is 4.98 Å². The topological polar surface area (TPSA) is 49.8 Å². The van der Waals surface area contributed by atoms with E-state index >= 15 is 0 Å². The molecule has 2 N–H and O–H groups in total. The predicted molar refractivity (Wildman–Crippen MR) is 85.5 cm³/mol. The fourth-order valence-electron chi connectivity index (χ4n) is 2.70. The summed E-state index contributed by atoms with van der Waals surface area (Å²) in [6, 6.07) is 0. The van der Waals surface area contributed by atoms with Crippen LogP contribution in [0.1, 0.15) is 63.8 Å². The quantitative estimate of drug-likeness (QED) is 0.792. The van der Waals surface area contributed by atoms with E-state index in [2.05, 4.69) is 43.3 Å². The molecule has 2 rings (SSSR count). The summed E-state index contributed by atoms with van der Waals surface area (Å²) in [5, 5.41) is 6.76. The predicted octanol–water partition coefficient (Wildman–Crippen LogP) is 3.94. The van der Waals surface area contributed by atoms with Crippen molar-refractivity contribution < 1.29 is 0 Å². The van der Waals surface area contributed by atoms with Gasteiger partial charge < -0.3 is 10.6 Å². The van der Waals surface area contributed by atoms with Gasteiger partial charge >= 0.3 is 0 Å². The highest BCUT2D eigenvalue weighted by molar-refractivity contribution is 5.57. The van der Waals surface area contributed by atoms with Gasteiger partial charge in [-0.1, -0.05) is 27.2 Å². The maximum atomic E-state index is 4.71. The molecule has 0 aromatic carbocycles. The Bertz CT molecular complexity index is 464. The van der Waals surface area contributed by atoms with Crippen molar-refractivity contribution in [3.63, 3.8) is 0 Å². The smallest absolute Gasteiger partial charge is 0.135 e. The number of aromatic nitrogens is 2. The lowest BCUT2D eigenvalue weighted by Gasteiger charge is -2.19. The van der Waals surface area contributed by atoms with Gasteiger partial charge in [0, 0.05) is 25.1 Å². The molecule has 1 aliphatic carbocycles. The van der Waals surface area contributed by atoms with Gasteiger partial charge in [-0.3, -0.25) is 0 Å². The van der Waals surface area contributed by atoms with E-state index in [1.165, 1.54) is 25.7 Å². The van der Waals surface area contributed by atoms with Gasteiger partial charge in [0.1, 0.15) is 17.5 Å². The number of nitrogens with one attached hydrogen (secondary N) is 2. The molecule has 0 saturated heterocycles. The SMILES string of the molecule is CCCC1(CNc2nc(C(C)C)nc(NC)c2C)CC1. The van der Waals surface area contributed by atoms with Crippen molar-refractivity contribution in [2.24, 2.45) is 5.41 Å². The summed E-state index contributed by atoms with van der Waals surface area (Å²) in [5.41, 5.74) is 1.65. The number of anilines is 2. The molecule has 1 fully saturated rings. The lowest BCUT2D eigenvalue weighted by Crippen LogP contribution is -2.18. The summed E-state index contributed by atoms with van der Waals surface area (Å²) in [6.45, 7) is 9.66. The molecule has 1 aromatic rings. The van der Waals surface area contributed by atoms with Crippen molar-refractivity contribution in [1.82, 2.24) is 9.97 Å². The van der Waals surface area contributed by atoms with E-state index in [0.29, 0.717) is 11.3 Å². The Kier molecular flexibility index (Phi) is 4.51. The fraction of sp³-hybridized carbons (Fsp3) is 0.750. The van der Waals surface area contributed by atoms with Crippen molar-refractivity contribution in [2.75, 3.05) is 24.2 Å². The van der Waals surface area contributed by atoms with E-state index in [9.17, 15) is 0 Å². The van der Waals surface area contributed by atoms with Crippen LogP contribution in [0.4, 0.5) is 11.6 Å². The molecule has 1 saturated carbocycles. The Morgan fingerprint density at radius 3 is 2.35 bits per heavy atom. The highest BCUT2D eigenvalue weighted by Crippen LogP contribution is 2.49.